The van der Waals surface area contributed by atoms with Gasteiger partial charge in [0.25, 0.3) is 5.69 Å². The molecule has 0 spiro atoms. The van der Waals surface area contributed by atoms with Crippen LogP contribution in [0.25, 0.3) is 0 Å². The van der Waals surface area contributed by atoms with Gasteiger partial charge in [-0.15, -0.1) is 0 Å². The fraction of sp³-hybridized carbons (Fsp3) is 0.174. The molecule has 0 aliphatic heterocycles. The Morgan fingerprint density at radius 3 is 2.49 bits per heavy atom. The first kappa shape index (κ1) is 26.5. The Balaban J connectivity index is 1.79. The van der Waals surface area contributed by atoms with Gasteiger partial charge in [0.05, 0.1) is 28.3 Å². The second kappa shape index (κ2) is 11.6. The monoisotopic (exact) mass is 619 g/mol. The topological polar surface area (TPSA) is 86.0 Å². The van der Waals surface area contributed by atoms with Crippen LogP contribution in [0.15, 0.2) is 59.7 Å². The lowest BCUT2D eigenvalue weighted by atomic mass is 10.1. The van der Waals surface area contributed by atoms with E-state index in [4.69, 9.17) is 21.1 Å². The minimum absolute atomic E-state index is 0.201. The number of nitro groups is 1. The molecule has 0 aliphatic carbocycles. The number of nitrogens with one attached hydrogen (secondary N) is 1. The number of anilines is 1. The molecule has 0 amide bonds. The zero-order valence-electron chi connectivity index (χ0n) is 18.1. The Bertz CT molecular complexity index is 1240. The van der Waals surface area contributed by atoms with Crippen molar-refractivity contribution in [2.24, 2.45) is 5.10 Å². The Kier molecular flexibility index (Phi) is 8.78. The van der Waals surface area contributed by atoms with Gasteiger partial charge in [0, 0.05) is 9.64 Å². The Morgan fingerprint density at radius 2 is 1.86 bits per heavy atom. The standard InChI is InChI=1S/C23H18ClF3IN3O4/c1-2-34-21-10-15(9-18(24)22(21)35-13-14-3-6-17(28)7-4-14)12-29-30-19-8-5-16(23(25,26)27)11-20(19)31(32)33/h3-12,30H,2,13H2,1H3/b29-12-. The third kappa shape index (κ3) is 7.21. The SMILES string of the molecule is CCOc1cc(/C=N\Nc2ccc(C(F)(F)F)cc2[N+](=O)[O-])cc(Cl)c1OCc1ccc(I)cc1. The lowest BCUT2D eigenvalue weighted by molar-refractivity contribution is -0.384. The number of alkyl halides is 3. The number of halogens is 5. The second-order valence-corrected chi connectivity index (χ2v) is 8.69. The van der Waals surface area contributed by atoms with E-state index >= 15 is 0 Å². The summed E-state index contributed by atoms with van der Waals surface area (Å²) in [6.07, 6.45) is -3.40. The first-order chi connectivity index (χ1) is 16.6. The minimum atomic E-state index is -4.71. The summed E-state index contributed by atoms with van der Waals surface area (Å²) in [5.41, 5.74) is 1.73. The van der Waals surface area contributed by atoms with Crippen LogP contribution >= 0.6 is 34.2 Å². The number of nitrogens with zero attached hydrogens (tertiary/aromatic N) is 2. The molecular formula is C23H18ClF3IN3O4. The fourth-order valence-corrected chi connectivity index (χ4v) is 3.56. The summed E-state index contributed by atoms with van der Waals surface area (Å²) in [6, 6.07) is 13.1. The highest BCUT2D eigenvalue weighted by Gasteiger charge is 2.33. The zero-order chi connectivity index (χ0) is 25.6. The maximum Gasteiger partial charge on any atom is 0.416 e. The number of nitro benzene ring substituents is 1. The smallest absolute Gasteiger partial charge is 0.416 e. The Labute approximate surface area is 217 Å². The van der Waals surface area contributed by atoms with Gasteiger partial charge in [-0.1, -0.05) is 23.7 Å². The van der Waals surface area contributed by atoms with Crippen molar-refractivity contribution in [1.29, 1.82) is 0 Å². The van der Waals surface area contributed by atoms with Crippen molar-refractivity contribution in [3.05, 3.63) is 90.0 Å². The molecule has 0 radical (unpaired) electrons. The number of hydrazone groups is 1. The van der Waals surface area contributed by atoms with Crippen molar-refractivity contribution in [2.45, 2.75) is 19.7 Å². The molecule has 0 atom stereocenters. The fourth-order valence-electron chi connectivity index (χ4n) is 2.93. The molecule has 0 saturated heterocycles. The summed E-state index contributed by atoms with van der Waals surface area (Å²) < 4.78 is 51.2. The predicted molar refractivity (Wildman–Crippen MR) is 135 cm³/mol. The van der Waals surface area contributed by atoms with Crippen LogP contribution in [0.5, 0.6) is 11.5 Å². The Morgan fingerprint density at radius 1 is 1.14 bits per heavy atom. The Hall–Kier alpha value is -3.06. The molecule has 0 heterocycles. The molecule has 0 fully saturated rings. The molecule has 3 aromatic rings. The van der Waals surface area contributed by atoms with Gasteiger partial charge in [0.15, 0.2) is 11.5 Å². The third-order valence-corrected chi connectivity index (χ3v) is 5.55. The van der Waals surface area contributed by atoms with Crippen LogP contribution in [0.1, 0.15) is 23.6 Å². The molecule has 0 unspecified atom stereocenters. The molecule has 3 rings (SSSR count). The molecule has 184 valence electrons. The molecule has 1 N–H and O–H groups in total. The number of ether oxygens (including phenoxy) is 2. The maximum atomic E-state index is 12.9. The molecule has 0 saturated carbocycles. The van der Waals surface area contributed by atoms with Crippen LogP contribution < -0.4 is 14.9 Å². The molecule has 0 bridgehead atoms. The molecule has 0 aliphatic rings. The highest BCUT2D eigenvalue weighted by atomic mass is 127. The van der Waals surface area contributed by atoms with Crippen LogP contribution in [-0.2, 0) is 12.8 Å². The van der Waals surface area contributed by atoms with Gasteiger partial charge < -0.3 is 9.47 Å². The van der Waals surface area contributed by atoms with E-state index < -0.39 is 22.4 Å². The molecular weight excluding hydrogens is 602 g/mol. The zero-order valence-corrected chi connectivity index (χ0v) is 21.0. The maximum absolute atomic E-state index is 12.9. The lowest BCUT2D eigenvalue weighted by Gasteiger charge is -2.14. The normalized spacial score (nSPS) is 11.5. The van der Waals surface area contributed by atoms with E-state index in [1.807, 2.05) is 24.3 Å². The molecule has 7 nitrogen and oxygen atoms in total. The average molecular weight is 620 g/mol. The van der Waals surface area contributed by atoms with Crippen LogP contribution in [0.3, 0.4) is 0 Å². The van der Waals surface area contributed by atoms with Gasteiger partial charge >= 0.3 is 6.18 Å². The summed E-state index contributed by atoms with van der Waals surface area (Å²) in [5.74, 6) is 0.711. The quantitative estimate of drug-likeness (QED) is 0.118. The third-order valence-electron chi connectivity index (χ3n) is 4.55. The minimum Gasteiger partial charge on any atom is -0.490 e. The van der Waals surface area contributed by atoms with E-state index in [1.54, 1.807) is 19.1 Å². The van der Waals surface area contributed by atoms with Gasteiger partial charge in [0.2, 0.25) is 0 Å². The van der Waals surface area contributed by atoms with Crippen LogP contribution in [0, 0.1) is 13.7 Å². The molecule has 12 heteroatoms. The van der Waals surface area contributed by atoms with Crippen LogP contribution in [0.4, 0.5) is 24.5 Å². The lowest BCUT2D eigenvalue weighted by Crippen LogP contribution is -2.06. The van der Waals surface area contributed by atoms with E-state index in [0.29, 0.717) is 29.7 Å². The van der Waals surface area contributed by atoms with Crippen molar-refractivity contribution in [3.63, 3.8) is 0 Å². The number of hydrogen-bond donors (Lipinski definition) is 1. The first-order valence-electron chi connectivity index (χ1n) is 10.1. The summed E-state index contributed by atoms with van der Waals surface area (Å²) in [6.45, 7) is 2.40. The summed E-state index contributed by atoms with van der Waals surface area (Å²) in [5, 5.41) is 15.4. The van der Waals surface area contributed by atoms with E-state index in [0.717, 1.165) is 21.3 Å². The van der Waals surface area contributed by atoms with Gasteiger partial charge in [-0.2, -0.15) is 18.3 Å². The molecule has 0 aromatic heterocycles. The van der Waals surface area contributed by atoms with Gasteiger partial charge in [0.1, 0.15) is 12.3 Å². The average Bonchev–Trinajstić information content (AvgIpc) is 2.79. The van der Waals surface area contributed by atoms with Crippen molar-refractivity contribution in [1.82, 2.24) is 0 Å². The van der Waals surface area contributed by atoms with Crippen LogP contribution in [-0.4, -0.2) is 17.7 Å². The highest BCUT2D eigenvalue weighted by molar-refractivity contribution is 14.1. The largest absolute Gasteiger partial charge is 0.490 e. The van der Waals surface area contributed by atoms with E-state index in [1.165, 1.54) is 6.21 Å². The highest BCUT2D eigenvalue weighted by Crippen LogP contribution is 2.37. The predicted octanol–water partition coefficient (Wildman–Crippen LogP) is 7.30. The van der Waals surface area contributed by atoms with Crippen molar-refractivity contribution < 1.29 is 27.6 Å². The van der Waals surface area contributed by atoms with E-state index in [-0.39, 0.29) is 17.3 Å². The van der Waals surface area contributed by atoms with Crippen molar-refractivity contribution in [2.75, 3.05) is 12.0 Å². The van der Waals surface area contributed by atoms with E-state index in [2.05, 4.69) is 33.1 Å². The second-order valence-electron chi connectivity index (χ2n) is 7.03. The number of rotatable bonds is 9. The van der Waals surface area contributed by atoms with Crippen molar-refractivity contribution in [3.8, 4) is 11.5 Å². The van der Waals surface area contributed by atoms with Crippen molar-refractivity contribution >= 4 is 51.8 Å². The number of benzene rings is 3. The van der Waals surface area contributed by atoms with Gasteiger partial charge in [-0.25, -0.2) is 0 Å². The van der Waals surface area contributed by atoms with Gasteiger partial charge in [-0.3, -0.25) is 15.5 Å². The molecule has 35 heavy (non-hydrogen) atoms. The summed E-state index contributed by atoms with van der Waals surface area (Å²) >= 11 is 8.61. The number of hydrogen-bond acceptors (Lipinski definition) is 6. The first-order valence-corrected chi connectivity index (χ1v) is 11.5. The summed E-state index contributed by atoms with van der Waals surface area (Å²) in [4.78, 5) is 10.3. The molecule has 3 aromatic carbocycles. The van der Waals surface area contributed by atoms with E-state index in [9.17, 15) is 23.3 Å². The van der Waals surface area contributed by atoms with Crippen LogP contribution in [0.2, 0.25) is 5.02 Å². The summed E-state index contributed by atoms with van der Waals surface area (Å²) in [7, 11) is 0. The van der Waals surface area contributed by atoms with Gasteiger partial charge in [-0.05, 0) is 77.0 Å².